The van der Waals surface area contributed by atoms with Gasteiger partial charge in [0.1, 0.15) is 42.2 Å². The van der Waals surface area contributed by atoms with Crippen molar-refractivity contribution in [2.75, 3.05) is 19.5 Å². The molecule has 6 N–H and O–H groups in total. The normalized spacial score (nSPS) is 19.8. The third-order valence-electron chi connectivity index (χ3n) is 7.14. The lowest BCUT2D eigenvalue weighted by Gasteiger charge is -2.15. The van der Waals surface area contributed by atoms with E-state index >= 15 is 0 Å². The monoisotopic (exact) mass is 589 g/mol. The second-order valence-electron chi connectivity index (χ2n) is 9.90. The second kappa shape index (κ2) is 12.6. The molecule has 0 unspecified atom stereocenters. The number of aliphatic hydroxyl groups excluding tert-OH is 1. The van der Waals surface area contributed by atoms with Crippen molar-refractivity contribution < 1.29 is 43.5 Å². The number of H-pyrrole nitrogens is 1. The number of halogens is 1. The number of nitrogens with zero attached hydrogens (tertiary/aromatic N) is 3. The van der Waals surface area contributed by atoms with Gasteiger partial charge in [-0.1, -0.05) is 11.6 Å². The van der Waals surface area contributed by atoms with Gasteiger partial charge in [-0.05, 0) is 32.3 Å². The van der Waals surface area contributed by atoms with Crippen LogP contribution in [0.1, 0.15) is 59.5 Å². The summed E-state index contributed by atoms with van der Waals surface area (Å²) in [6, 6.07) is 0. The maximum atomic E-state index is 13.6. The number of phenols is 1. The molecule has 15 heteroatoms. The van der Waals surface area contributed by atoms with E-state index in [0.29, 0.717) is 29.7 Å². The van der Waals surface area contributed by atoms with E-state index in [1.54, 1.807) is 0 Å². The molecule has 3 atom stereocenters. The topological polar surface area (TPSA) is 212 Å². The van der Waals surface area contributed by atoms with Crippen LogP contribution in [0.2, 0.25) is 0 Å². The van der Waals surface area contributed by atoms with Crippen molar-refractivity contribution in [2.45, 2.75) is 64.6 Å². The Morgan fingerprint density at radius 3 is 2.74 bits per heavy atom. The molecule has 0 bridgehead atoms. The fraction of sp³-hybridized carbons (Fsp3) is 0.444. The fourth-order valence-corrected chi connectivity index (χ4v) is 4.89. The number of aliphatic carboxylic acids is 1. The first-order valence-electron chi connectivity index (χ1n) is 13.0. The van der Waals surface area contributed by atoms with Gasteiger partial charge in [-0.2, -0.15) is 4.98 Å². The van der Waals surface area contributed by atoms with Crippen LogP contribution >= 0.6 is 0 Å². The highest BCUT2D eigenvalue weighted by atomic mass is 19.1. The molecule has 2 aliphatic heterocycles. The van der Waals surface area contributed by atoms with Crippen molar-refractivity contribution in [3.63, 3.8) is 0 Å². The zero-order chi connectivity index (χ0) is 30.7. The largest absolute Gasteiger partial charge is 0.507 e. The number of rotatable bonds is 8. The Morgan fingerprint density at radius 1 is 1.36 bits per heavy atom. The molecule has 42 heavy (non-hydrogen) atoms. The number of hydrogen-bond donors (Lipinski definition) is 5. The average molecular weight is 590 g/mol. The molecule has 1 fully saturated rings. The standard InChI is InChI=1S/C17H20O6.C10H12FN5O3/c1-9(5-7-13(18)19)4-6-11-15(20)14-12(8-23-17(14)21)10(2)16(11)22-3;11-4-1-6(19-5(4)2-17)16-3-13-7-8(16)14-10(12)15-9(7)18/h4,20H,5-8H2,1-3H3,(H,18,19);3-6,17H,1-2H2,(H3,12,14,15,18)/b9-4+;/t;4-,5+,6+/m.0/s1. The summed E-state index contributed by atoms with van der Waals surface area (Å²) in [7, 11) is 1.51. The highest BCUT2D eigenvalue weighted by Gasteiger charge is 2.37. The molecule has 0 spiro atoms. The number of carbonyl (C=O) groups excluding carboxylic acids is 1. The number of aromatic hydroxyl groups is 1. The summed E-state index contributed by atoms with van der Waals surface area (Å²) in [5.74, 6) is -1.02. The molecule has 0 radical (unpaired) electrons. The van der Waals surface area contributed by atoms with Crippen LogP contribution in [0.4, 0.5) is 10.3 Å². The summed E-state index contributed by atoms with van der Waals surface area (Å²) in [5, 5.41) is 28.1. The number of aromatic amines is 1. The number of allylic oxidation sites excluding steroid dienone is 2. The van der Waals surface area contributed by atoms with Gasteiger partial charge >= 0.3 is 11.9 Å². The SMILES string of the molecule is COc1c(C)c2c(c(O)c1C/C=C(\C)CCC(=O)O)C(=O)OC2.Nc1nc2c(ncn2[C@H]2C[C@H](F)[C@@H](CO)O2)c(=O)[nH]1. The molecule has 2 aliphatic rings. The summed E-state index contributed by atoms with van der Waals surface area (Å²) in [5.41, 5.74) is 8.39. The Morgan fingerprint density at radius 2 is 2.10 bits per heavy atom. The number of nitrogens with one attached hydrogen (secondary N) is 1. The Balaban J connectivity index is 0.000000196. The lowest BCUT2D eigenvalue weighted by atomic mass is 9.94. The lowest BCUT2D eigenvalue weighted by Crippen LogP contribution is -2.21. The Bertz CT molecular complexity index is 1600. The van der Waals surface area contributed by atoms with E-state index in [2.05, 4.69) is 15.0 Å². The predicted molar refractivity (Wildman–Crippen MR) is 146 cm³/mol. The number of nitrogens with two attached hydrogens (primary N) is 1. The van der Waals surface area contributed by atoms with E-state index in [0.717, 1.165) is 11.1 Å². The molecule has 0 saturated carbocycles. The van der Waals surface area contributed by atoms with Gasteiger partial charge in [0.05, 0.1) is 20.0 Å². The molecule has 226 valence electrons. The van der Waals surface area contributed by atoms with E-state index in [1.165, 1.54) is 18.0 Å². The number of anilines is 1. The highest BCUT2D eigenvalue weighted by molar-refractivity contribution is 5.98. The number of carboxylic acids is 1. The second-order valence-corrected chi connectivity index (χ2v) is 9.90. The molecule has 2 aromatic heterocycles. The van der Waals surface area contributed by atoms with Crippen LogP contribution in [0.5, 0.6) is 11.5 Å². The average Bonchev–Trinajstić information content (AvgIpc) is 3.65. The number of nitrogen functional groups attached to an aromatic ring is 1. The lowest BCUT2D eigenvalue weighted by molar-refractivity contribution is -0.136. The van der Waals surface area contributed by atoms with Gasteiger partial charge in [0.15, 0.2) is 11.2 Å². The van der Waals surface area contributed by atoms with Gasteiger partial charge in [0, 0.05) is 24.0 Å². The highest BCUT2D eigenvalue weighted by Crippen LogP contribution is 2.42. The predicted octanol–water partition coefficient (Wildman–Crippen LogP) is 2.05. The van der Waals surface area contributed by atoms with Crippen LogP contribution in [0.3, 0.4) is 0 Å². The van der Waals surface area contributed by atoms with Crippen molar-refractivity contribution in [3.05, 3.63) is 50.6 Å². The smallest absolute Gasteiger partial charge is 0.342 e. The number of fused-ring (bicyclic) bond motifs is 2. The number of aliphatic hydroxyl groups is 1. The van der Waals surface area contributed by atoms with Gasteiger partial charge in [0.2, 0.25) is 5.95 Å². The van der Waals surface area contributed by atoms with Crippen molar-refractivity contribution in [1.29, 1.82) is 0 Å². The van der Waals surface area contributed by atoms with Gasteiger partial charge < -0.3 is 35.3 Å². The summed E-state index contributed by atoms with van der Waals surface area (Å²) < 4.78 is 30.8. The van der Waals surface area contributed by atoms with Crippen molar-refractivity contribution in [2.24, 2.45) is 0 Å². The van der Waals surface area contributed by atoms with Gasteiger partial charge in [-0.15, -0.1) is 0 Å². The van der Waals surface area contributed by atoms with E-state index in [1.807, 2.05) is 19.9 Å². The number of alkyl halides is 1. The fourth-order valence-electron chi connectivity index (χ4n) is 4.89. The number of carboxylic acid groups (broad SMARTS) is 1. The number of imidazole rings is 1. The Kier molecular flexibility index (Phi) is 9.11. The van der Waals surface area contributed by atoms with Crippen LogP contribution in [-0.4, -0.2) is 72.8 Å². The van der Waals surface area contributed by atoms with Crippen molar-refractivity contribution in [1.82, 2.24) is 19.5 Å². The number of carbonyl (C=O) groups is 2. The minimum Gasteiger partial charge on any atom is -0.507 e. The number of benzene rings is 1. The number of esters is 1. The first-order chi connectivity index (χ1) is 20.0. The molecule has 4 heterocycles. The van der Waals surface area contributed by atoms with Crippen molar-refractivity contribution >= 4 is 29.1 Å². The molecule has 3 aromatic rings. The van der Waals surface area contributed by atoms with Crippen LogP contribution in [0.25, 0.3) is 11.2 Å². The number of ether oxygens (including phenoxy) is 3. The van der Waals surface area contributed by atoms with E-state index < -0.39 is 42.6 Å². The zero-order valence-electron chi connectivity index (χ0n) is 23.2. The Labute approximate surface area is 238 Å². The summed E-state index contributed by atoms with van der Waals surface area (Å²) in [6.45, 7) is 3.39. The number of phenolic OH excluding ortho intramolecular Hbond substituents is 1. The minimum atomic E-state index is -1.27. The third-order valence-corrected chi connectivity index (χ3v) is 7.14. The molecule has 5 rings (SSSR count). The molecule has 0 amide bonds. The maximum Gasteiger partial charge on any atom is 0.342 e. The number of methoxy groups -OCH3 is 1. The number of aromatic nitrogens is 4. The summed E-state index contributed by atoms with van der Waals surface area (Å²) in [6.07, 6.45) is 1.29. The van der Waals surface area contributed by atoms with Gasteiger partial charge in [-0.25, -0.2) is 14.2 Å². The van der Waals surface area contributed by atoms with Crippen LogP contribution in [0, 0.1) is 6.92 Å². The summed E-state index contributed by atoms with van der Waals surface area (Å²) >= 11 is 0. The van der Waals surface area contributed by atoms with Gasteiger partial charge in [0.25, 0.3) is 5.56 Å². The summed E-state index contributed by atoms with van der Waals surface area (Å²) in [4.78, 5) is 44.2. The minimum absolute atomic E-state index is 0.0484. The first kappa shape index (κ1) is 30.5. The number of cyclic esters (lactones) is 1. The maximum absolute atomic E-state index is 13.6. The van der Waals surface area contributed by atoms with E-state index in [4.69, 9.17) is 30.2 Å². The quantitative estimate of drug-likeness (QED) is 0.189. The van der Waals surface area contributed by atoms with Crippen LogP contribution in [-0.2, 0) is 27.3 Å². The van der Waals surface area contributed by atoms with Crippen molar-refractivity contribution in [3.8, 4) is 11.5 Å². The number of hydrogen-bond acceptors (Lipinski definition) is 11. The van der Waals surface area contributed by atoms with Crippen LogP contribution in [0.15, 0.2) is 22.8 Å². The third kappa shape index (κ3) is 6.06. The van der Waals surface area contributed by atoms with Crippen LogP contribution < -0.4 is 16.0 Å². The Hall–Kier alpha value is -4.50. The molecular weight excluding hydrogens is 557 g/mol. The zero-order valence-corrected chi connectivity index (χ0v) is 23.2. The van der Waals surface area contributed by atoms with E-state index in [-0.39, 0.29) is 47.9 Å². The van der Waals surface area contributed by atoms with E-state index in [9.17, 15) is 23.9 Å². The molecular formula is C27H32FN5O9. The van der Waals surface area contributed by atoms with Gasteiger partial charge in [-0.3, -0.25) is 19.1 Å². The molecule has 1 aromatic carbocycles. The molecule has 0 aliphatic carbocycles. The first-order valence-corrected chi connectivity index (χ1v) is 13.0. The molecule has 14 nitrogen and oxygen atoms in total. The molecule has 1 saturated heterocycles.